The molecule has 0 amide bonds. The number of hydrogen-bond acceptors (Lipinski definition) is 3. The lowest BCUT2D eigenvalue weighted by molar-refractivity contribution is 0.902. The van der Waals surface area contributed by atoms with Crippen LogP contribution in [0.25, 0.3) is 5.65 Å². The highest BCUT2D eigenvalue weighted by molar-refractivity contribution is 5.43. The Balaban J connectivity index is 1.90. The van der Waals surface area contributed by atoms with E-state index in [9.17, 15) is 0 Å². The standard InChI is InChI=1S/C10H12N4/c1-7-6-8(7)11-10-12-9-4-2-3-5-14(9)13-10/h2-5,7-8H,6H2,1H3,(H,11,13). The van der Waals surface area contributed by atoms with Crippen LogP contribution in [0, 0.1) is 5.92 Å². The van der Waals surface area contributed by atoms with E-state index in [2.05, 4.69) is 22.3 Å². The van der Waals surface area contributed by atoms with Gasteiger partial charge in [0.2, 0.25) is 5.95 Å². The molecule has 0 aromatic carbocycles. The van der Waals surface area contributed by atoms with Crippen molar-refractivity contribution in [2.24, 2.45) is 5.92 Å². The molecule has 4 nitrogen and oxygen atoms in total. The summed E-state index contributed by atoms with van der Waals surface area (Å²) in [6, 6.07) is 6.44. The molecule has 0 radical (unpaired) electrons. The second-order valence-electron chi connectivity index (χ2n) is 3.90. The van der Waals surface area contributed by atoms with Crippen molar-refractivity contribution in [3.05, 3.63) is 24.4 Å². The lowest BCUT2D eigenvalue weighted by atomic mass is 10.5. The number of aromatic nitrogens is 3. The van der Waals surface area contributed by atoms with Gasteiger partial charge in [-0.2, -0.15) is 4.98 Å². The van der Waals surface area contributed by atoms with E-state index < -0.39 is 0 Å². The molecule has 3 rings (SSSR count). The van der Waals surface area contributed by atoms with Crippen LogP contribution >= 0.6 is 0 Å². The van der Waals surface area contributed by atoms with Gasteiger partial charge in [-0.05, 0) is 24.5 Å². The summed E-state index contributed by atoms with van der Waals surface area (Å²) in [4.78, 5) is 4.37. The Morgan fingerprint density at radius 2 is 2.36 bits per heavy atom. The normalized spacial score (nSPS) is 25.2. The zero-order valence-electron chi connectivity index (χ0n) is 8.01. The van der Waals surface area contributed by atoms with E-state index in [1.807, 2.05) is 24.4 Å². The number of pyridine rings is 1. The Morgan fingerprint density at radius 3 is 3.07 bits per heavy atom. The summed E-state index contributed by atoms with van der Waals surface area (Å²) >= 11 is 0. The third-order valence-electron chi connectivity index (χ3n) is 2.67. The molecule has 2 aromatic rings. The number of nitrogens with zero attached hydrogens (tertiary/aromatic N) is 3. The van der Waals surface area contributed by atoms with Crippen LogP contribution in [-0.4, -0.2) is 20.6 Å². The molecule has 4 heteroatoms. The average molecular weight is 188 g/mol. The van der Waals surface area contributed by atoms with Crippen LogP contribution in [0.3, 0.4) is 0 Å². The van der Waals surface area contributed by atoms with Gasteiger partial charge in [-0.15, -0.1) is 5.10 Å². The highest BCUT2D eigenvalue weighted by Crippen LogP contribution is 2.31. The van der Waals surface area contributed by atoms with Gasteiger partial charge >= 0.3 is 0 Å². The molecule has 1 N–H and O–H groups in total. The van der Waals surface area contributed by atoms with Gasteiger partial charge in [-0.25, -0.2) is 4.52 Å². The summed E-state index contributed by atoms with van der Waals surface area (Å²) in [5.74, 6) is 1.51. The third-order valence-corrected chi connectivity index (χ3v) is 2.67. The van der Waals surface area contributed by atoms with Crippen molar-refractivity contribution in [3.63, 3.8) is 0 Å². The van der Waals surface area contributed by atoms with E-state index in [0.29, 0.717) is 6.04 Å². The predicted octanol–water partition coefficient (Wildman–Crippen LogP) is 1.55. The summed E-state index contributed by atoms with van der Waals surface area (Å²) in [5.41, 5.74) is 0.892. The lowest BCUT2D eigenvalue weighted by Crippen LogP contribution is -2.04. The molecule has 1 saturated carbocycles. The summed E-state index contributed by atoms with van der Waals surface area (Å²) in [5, 5.41) is 7.63. The molecule has 2 aromatic heterocycles. The monoisotopic (exact) mass is 188 g/mol. The van der Waals surface area contributed by atoms with Gasteiger partial charge < -0.3 is 5.32 Å². The first-order chi connectivity index (χ1) is 6.83. The van der Waals surface area contributed by atoms with Crippen molar-refractivity contribution in [2.75, 3.05) is 5.32 Å². The molecule has 2 heterocycles. The molecule has 0 bridgehead atoms. The number of anilines is 1. The molecule has 1 fully saturated rings. The fourth-order valence-corrected chi connectivity index (χ4v) is 1.58. The summed E-state index contributed by atoms with van der Waals surface area (Å²) in [7, 11) is 0. The molecular formula is C10H12N4. The number of nitrogens with one attached hydrogen (secondary N) is 1. The minimum atomic E-state index is 0.576. The van der Waals surface area contributed by atoms with E-state index in [0.717, 1.165) is 17.5 Å². The van der Waals surface area contributed by atoms with Gasteiger partial charge in [0.15, 0.2) is 5.65 Å². The molecule has 2 atom stereocenters. The summed E-state index contributed by atoms with van der Waals surface area (Å²) in [6.45, 7) is 2.23. The van der Waals surface area contributed by atoms with Crippen molar-refractivity contribution in [2.45, 2.75) is 19.4 Å². The smallest absolute Gasteiger partial charge is 0.243 e. The maximum atomic E-state index is 4.37. The van der Waals surface area contributed by atoms with Crippen molar-refractivity contribution < 1.29 is 0 Å². The fourth-order valence-electron chi connectivity index (χ4n) is 1.58. The van der Waals surface area contributed by atoms with Crippen LogP contribution in [-0.2, 0) is 0 Å². The lowest BCUT2D eigenvalue weighted by Gasteiger charge is -1.95. The van der Waals surface area contributed by atoms with Crippen LogP contribution in [0.4, 0.5) is 5.95 Å². The first-order valence-corrected chi connectivity index (χ1v) is 4.91. The molecule has 72 valence electrons. The maximum Gasteiger partial charge on any atom is 0.243 e. The molecule has 0 spiro atoms. The van der Waals surface area contributed by atoms with Crippen LogP contribution < -0.4 is 5.32 Å². The minimum absolute atomic E-state index is 0.576. The Kier molecular flexibility index (Phi) is 1.50. The first-order valence-electron chi connectivity index (χ1n) is 4.91. The number of fused-ring (bicyclic) bond motifs is 1. The highest BCUT2D eigenvalue weighted by Gasteiger charge is 2.33. The zero-order chi connectivity index (χ0) is 9.54. The summed E-state index contributed by atoms with van der Waals surface area (Å²) < 4.78 is 1.79. The van der Waals surface area contributed by atoms with E-state index >= 15 is 0 Å². The van der Waals surface area contributed by atoms with Crippen LogP contribution in [0.5, 0.6) is 0 Å². The third kappa shape index (κ3) is 1.23. The zero-order valence-corrected chi connectivity index (χ0v) is 8.01. The Hall–Kier alpha value is -1.58. The predicted molar refractivity (Wildman–Crippen MR) is 54.2 cm³/mol. The quantitative estimate of drug-likeness (QED) is 0.777. The van der Waals surface area contributed by atoms with Gasteiger partial charge in [0.05, 0.1) is 0 Å². The molecule has 1 aliphatic rings. The molecule has 1 aliphatic carbocycles. The first kappa shape index (κ1) is 7.79. The molecule has 0 saturated heterocycles. The number of rotatable bonds is 2. The van der Waals surface area contributed by atoms with Gasteiger partial charge in [-0.1, -0.05) is 13.0 Å². The fraction of sp³-hybridized carbons (Fsp3) is 0.400. The van der Waals surface area contributed by atoms with Crippen molar-refractivity contribution >= 4 is 11.6 Å². The molecule has 0 aliphatic heterocycles. The largest absolute Gasteiger partial charge is 0.350 e. The van der Waals surface area contributed by atoms with Gasteiger partial charge in [0.1, 0.15) is 0 Å². The molecule has 2 unspecified atom stereocenters. The van der Waals surface area contributed by atoms with Crippen LogP contribution in [0.1, 0.15) is 13.3 Å². The van der Waals surface area contributed by atoms with E-state index in [1.165, 1.54) is 6.42 Å². The average Bonchev–Trinajstić information content (AvgIpc) is 2.74. The summed E-state index contributed by atoms with van der Waals surface area (Å²) in [6.07, 6.45) is 3.14. The van der Waals surface area contributed by atoms with Crippen LogP contribution in [0.2, 0.25) is 0 Å². The van der Waals surface area contributed by atoms with E-state index in [-0.39, 0.29) is 0 Å². The van der Waals surface area contributed by atoms with Crippen molar-refractivity contribution in [1.82, 2.24) is 14.6 Å². The Labute approximate surface area is 82.0 Å². The topological polar surface area (TPSA) is 42.2 Å². The van der Waals surface area contributed by atoms with Gasteiger partial charge in [0, 0.05) is 12.2 Å². The highest BCUT2D eigenvalue weighted by atomic mass is 15.3. The Bertz CT molecular complexity index is 429. The molecule has 14 heavy (non-hydrogen) atoms. The van der Waals surface area contributed by atoms with E-state index in [1.54, 1.807) is 4.52 Å². The minimum Gasteiger partial charge on any atom is -0.350 e. The maximum absolute atomic E-state index is 4.37. The second-order valence-corrected chi connectivity index (χ2v) is 3.90. The van der Waals surface area contributed by atoms with Crippen molar-refractivity contribution in [3.8, 4) is 0 Å². The van der Waals surface area contributed by atoms with Gasteiger partial charge in [-0.3, -0.25) is 0 Å². The second kappa shape index (κ2) is 2.70. The van der Waals surface area contributed by atoms with Crippen LogP contribution in [0.15, 0.2) is 24.4 Å². The SMILES string of the molecule is CC1CC1Nc1nc2ccccn2n1. The van der Waals surface area contributed by atoms with Crippen molar-refractivity contribution in [1.29, 1.82) is 0 Å². The van der Waals surface area contributed by atoms with E-state index in [4.69, 9.17) is 0 Å². The van der Waals surface area contributed by atoms with Gasteiger partial charge in [0.25, 0.3) is 0 Å². The number of hydrogen-bond donors (Lipinski definition) is 1. The Morgan fingerprint density at radius 1 is 1.50 bits per heavy atom. The molecular weight excluding hydrogens is 176 g/mol.